The SMILES string of the molecule is CCCCCCC/C=C/OS(=O)(=O)[O-].[K+]. The summed E-state index contributed by atoms with van der Waals surface area (Å²) >= 11 is 0. The fraction of sp³-hybridized carbons (Fsp3) is 0.778. The molecular weight excluding hydrogens is 243 g/mol. The molecule has 0 aliphatic heterocycles. The number of hydrogen-bond donors (Lipinski definition) is 0. The van der Waals surface area contributed by atoms with E-state index in [1.165, 1.54) is 19.3 Å². The van der Waals surface area contributed by atoms with Crippen molar-refractivity contribution in [3.63, 3.8) is 0 Å². The van der Waals surface area contributed by atoms with Gasteiger partial charge in [0.1, 0.15) is 6.26 Å². The minimum Gasteiger partial charge on any atom is -0.716 e. The van der Waals surface area contributed by atoms with Gasteiger partial charge < -0.3 is 8.74 Å². The molecule has 0 amide bonds. The molecule has 0 fully saturated rings. The molecule has 0 unspecified atom stereocenters. The minimum atomic E-state index is -4.56. The fourth-order valence-electron chi connectivity index (χ4n) is 1.04. The molecular formula is C9H17KO4S. The molecule has 0 N–H and O–H groups in total. The number of unbranched alkanes of at least 4 members (excludes halogenated alkanes) is 5. The molecule has 0 spiro atoms. The summed E-state index contributed by atoms with van der Waals surface area (Å²) in [5.74, 6) is 0. The van der Waals surface area contributed by atoms with Crippen LogP contribution < -0.4 is 51.4 Å². The van der Waals surface area contributed by atoms with Gasteiger partial charge in [-0.2, -0.15) is 0 Å². The van der Waals surface area contributed by atoms with Crippen molar-refractivity contribution >= 4 is 10.4 Å². The molecule has 0 aromatic rings. The van der Waals surface area contributed by atoms with Gasteiger partial charge in [0, 0.05) is 0 Å². The molecule has 4 nitrogen and oxygen atoms in total. The first-order valence-corrected chi connectivity index (χ1v) is 6.18. The van der Waals surface area contributed by atoms with Gasteiger partial charge in [-0.1, -0.05) is 32.6 Å². The van der Waals surface area contributed by atoms with Crippen molar-refractivity contribution < 1.29 is 68.5 Å². The molecule has 0 atom stereocenters. The molecule has 0 bridgehead atoms. The van der Waals surface area contributed by atoms with E-state index in [2.05, 4.69) is 11.1 Å². The van der Waals surface area contributed by atoms with Crippen LogP contribution in [0.4, 0.5) is 0 Å². The maximum absolute atomic E-state index is 9.98. The zero-order chi connectivity index (χ0) is 10.9. The summed E-state index contributed by atoms with van der Waals surface area (Å²) in [6.45, 7) is 2.15. The summed E-state index contributed by atoms with van der Waals surface area (Å²) in [5, 5.41) is 0. The van der Waals surface area contributed by atoms with Crippen LogP contribution in [0, 0.1) is 0 Å². The number of rotatable bonds is 8. The summed E-state index contributed by atoms with van der Waals surface area (Å²) in [4.78, 5) is 0. The van der Waals surface area contributed by atoms with Crippen molar-refractivity contribution in [1.82, 2.24) is 0 Å². The van der Waals surface area contributed by atoms with E-state index in [0.717, 1.165) is 25.5 Å². The van der Waals surface area contributed by atoms with Gasteiger partial charge in [0.15, 0.2) is 0 Å². The largest absolute Gasteiger partial charge is 1.00 e. The molecule has 6 heteroatoms. The monoisotopic (exact) mass is 260 g/mol. The quantitative estimate of drug-likeness (QED) is 0.191. The summed E-state index contributed by atoms with van der Waals surface area (Å²) < 4.78 is 33.8. The molecule has 0 aromatic carbocycles. The van der Waals surface area contributed by atoms with Gasteiger partial charge >= 0.3 is 51.4 Å². The van der Waals surface area contributed by atoms with E-state index >= 15 is 0 Å². The summed E-state index contributed by atoms with van der Waals surface area (Å²) in [5.41, 5.74) is 0. The van der Waals surface area contributed by atoms with E-state index in [0.29, 0.717) is 0 Å². The minimum absolute atomic E-state index is 0. The van der Waals surface area contributed by atoms with Crippen molar-refractivity contribution in [3.05, 3.63) is 12.3 Å². The third-order valence-corrected chi connectivity index (χ3v) is 2.09. The first-order valence-electron chi connectivity index (χ1n) is 4.85. The Bertz CT molecular complexity index is 249. The summed E-state index contributed by atoms with van der Waals surface area (Å²) in [7, 11) is -4.56. The second-order valence-electron chi connectivity index (χ2n) is 3.08. The second-order valence-corrected chi connectivity index (χ2v) is 4.09. The number of allylic oxidation sites excluding steroid dienone is 1. The Balaban J connectivity index is 0. The predicted molar refractivity (Wildman–Crippen MR) is 53.3 cm³/mol. The Morgan fingerprint density at radius 2 is 1.80 bits per heavy atom. The zero-order valence-electron chi connectivity index (χ0n) is 9.44. The van der Waals surface area contributed by atoms with Crippen molar-refractivity contribution in [2.45, 2.75) is 45.4 Å². The fourth-order valence-corrected chi connectivity index (χ4v) is 1.26. The molecule has 0 aliphatic carbocycles. The van der Waals surface area contributed by atoms with Crippen molar-refractivity contribution in [2.24, 2.45) is 0 Å². The van der Waals surface area contributed by atoms with Gasteiger partial charge in [-0.25, -0.2) is 8.42 Å². The van der Waals surface area contributed by atoms with Gasteiger partial charge in [0.2, 0.25) is 0 Å². The zero-order valence-corrected chi connectivity index (χ0v) is 13.4. The average Bonchev–Trinajstić information content (AvgIpc) is 2.08. The summed E-state index contributed by atoms with van der Waals surface area (Å²) in [6, 6.07) is 0. The molecule has 0 rings (SSSR count). The molecule has 0 aromatic heterocycles. The smallest absolute Gasteiger partial charge is 0.716 e. The van der Waals surface area contributed by atoms with Crippen LogP contribution >= 0.6 is 0 Å². The first kappa shape index (κ1) is 18.5. The molecule has 0 radical (unpaired) electrons. The van der Waals surface area contributed by atoms with Crippen LogP contribution in [0.25, 0.3) is 0 Å². The van der Waals surface area contributed by atoms with E-state index in [1.807, 2.05) is 0 Å². The van der Waals surface area contributed by atoms with E-state index in [4.69, 9.17) is 0 Å². The molecule has 0 heterocycles. The van der Waals surface area contributed by atoms with Gasteiger partial charge in [-0.3, -0.25) is 0 Å². The van der Waals surface area contributed by atoms with Crippen LogP contribution in [0.5, 0.6) is 0 Å². The number of hydrogen-bond acceptors (Lipinski definition) is 4. The van der Waals surface area contributed by atoms with E-state index in [9.17, 15) is 13.0 Å². The Morgan fingerprint density at radius 3 is 2.33 bits per heavy atom. The van der Waals surface area contributed by atoms with Gasteiger partial charge in [-0.15, -0.1) is 0 Å². The average molecular weight is 260 g/mol. The van der Waals surface area contributed by atoms with Gasteiger partial charge in [-0.05, 0) is 18.9 Å². The first-order chi connectivity index (χ1) is 6.56. The molecule has 84 valence electrons. The van der Waals surface area contributed by atoms with Crippen LogP contribution in [0.15, 0.2) is 12.3 Å². The molecule has 0 saturated heterocycles. The third kappa shape index (κ3) is 17.7. The Hall–Kier alpha value is 1.09. The normalized spacial score (nSPS) is 11.3. The molecule has 0 saturated carbocycles. The third-order valence-electron chi connectivity index (χ3n) is 1.74. The van der Waals surface area contributed by atoms with Gasteiger partial charge in [0.25, 0.3) is 10.4 Å². The van der Waals surface area contributed by atoms with Crippen LogP contribution in [-0.4, -0.2) is 13.0 Å². The van der Waals surface area contributed by atoms with Crippen molar-refractivity contribution in [3.8, 4) is 0 Å². The van der Waals surface area contributed by atoms with Crippen LogP contribution in [-0.2, 0) is 14.6 Å². The van der Waals surface area contributed by atoms with E-state index in [1.54, 1.807) is 6.08 Å². The van der Waals surface area contributed by atoms with E-state index < -0.39 is 10.4 Å². The predicted octanol–water partition coefficient (Wildman–Crippen LogP) is -0.659. The Kier molecular flexibility index (Phi) is 14.2. The topological polar surface area (TPSA) is 66.4 Å². The standard InChI is InChI=1S/C9H18O4S.K/c1-2-3-4-5-6-7-8-9-13-14(10,11)12;/h8-9H,2-7H2,1H3,(H,10,11,12);/q;+1/p-1/b9-8+;. The van der Waals surface area contributed by atoms with Crippen molar-refractivity contribution in [2.75, 3.05) is 0 Å². The molecule has 0 aliphatic rings. The van der Waals surface area contributed by atoms with Gasteiger partial charge in [0.05, 0.1) is 0 Å². The van der Waals surface area contributed by atoms with Crippen LogP contribution in [0.2, 0.25) is 0 Å². The molecule has 15 heavy (non-hydrogen) atoms. The maximum atomic E-state index is 9.98. The van der Waals surface area contributed by atoms with Crippen LogP contribution in [0.3, 0.4) is 0 Å². The van der Waals surface area contributed by atoms with E-state index in [-0.39, 0.29) is 51.4 Å². The van der Waals surface area contributed by atoms with Crippen LogP contribution in [0.1, 0.15) is 45.4 Å². The van der Waals surface area contributed by atoms with Crippen molar-refractivity contribution in [1.29, 1.82) is 0 Å². The Labute approximate surface area is 135 Å². The second kappa shape index (κ2) is 11.6. The maximum Gasteiger partial charge on any atom is 1.00 e. The Morgan fingerprint density at radius 1 is 1.20 bits per heavy atom. The summed E-state index contributed by atoms with van der Waals surface area (Å²) in [6.07, 6.45) is 9.01.